The largest absolute Gasteiger partial charge is 0.368 e. The zero-order valence-corrected chi connectivity index (χ0v) is 14.6. The highest BCUT2D eigenvalue weighted by Crippen LogP contribution is 2.37. The van der Waals surface area contributed by atoms with Gasteiger partial charge in [0.15, 0.2) is 0 Å². The number of nitrogens with zero attached hydrogens (tertiary/aromatic N) is 2. The normalized spacial score (nSPS) is 14.2. The number of nitrogen functional groups attached to an aromatic ring is 1. The molecule has 4 rings (SSSR count). The number of rotatable bonds is 5. The molecule has 26 heavy (non-hydrogen) atoms. The molecule has 0 spiro atoms. The molecule has 0 unspecified atom stereocenters. The molecule has 2 aromatic carbocycles. The standard InChI is InChI=1S/C21H22N4O/c22-21-24-18-10-9-16(15-7-4-8-15)13-17(18)19(25-21)20(26)23-12-11-14-5-2-1-3-6-14/h1-3,5-6,9-10,13,15H,4,7-8,11-12H2,(H,23,26)(H2,22,24,25). The number of benzene rings is 2. The van der Waals surface area contributed by atoms with Crippen LogP contribution in [-0.2, 0) is 6.42 Å². The number of nitrogens with two attached hydrogens (primary N) is 1. The second-order valence-corrected chi connectivity index (χ2v) is 6.83. The highest BCUT2D eigenvalue weighted by Gasteiger charge is 2.21. The minimum Gasteiger partial charge on any atom is -0.368 e. The van der Waals surface area contributed by atoms with Crippen molar-refractivity contribution in [2.75, 3.05) is 12.3 Å². The van der Waals surface area contributed by atoms with Crippen LogP contribution in [-0.4, -0.2) is 22.4 Å². The lowest BCUT2D eigenvalue weighted by Gasteiger charge is -2.26. The Hall–Kier alpha value is -2.95. The van der Waals surface area contributed by atoms with Gasteiger partial charge < -0.3 is 11.1 Å². The summed E-state index contributed by atoms with van der Waals surface area (Å²) < 4.78 is 0. The summed E-state index contributed by atoms with van der Waals surface area (Å²) in [4.78, 5) is 21.2. The van der Waals surface area contributed by atoms with E-state index in [0.29, 0.717) is 23.7 Å². The third-order valence-electron chi connectivity index (χ3n) is 5.07. The highest BCUT2D eigenvalue weighted by molar-refractivity contribution is 6.04. The molecule has 1 saturated carbocycles. The Labute approximate surface area is 152 Å². The first kappa shape index (κ1) is 16.5. The molecule has 0 aliphatic heterocycles. The smallest absolute Gasteiger partial charge is 0.270 e. The monoisotopic (exact) mass is 346 g/mol. The Morgan fingerprint density at radius 1 is 1.12 bits per heavy atom. The van der Waals surface area contributed by atoms with E-state index in [1.54, 1.807) is 0 Å². The molecule has 1 aliphatic carbocycles. The van der Waals surface area contributed by atoms with Gasteiger partial charge in [-0.05, 0) is 48.4 Å². The van der Waals surface area contributed by atoms with Crippen molar-refractivity contribution < 1.29 is 4.79 Å². The van der Waals surface area contributed by atoms with Crippen LogP contribution in [0.2, 0.25) is 0 Å². The molecule has 1 fully saturated rings. The fourth-order valence-corrected chi connectivity index (χ4v) is 3.38. The van der Waals surface area contributed by atoms with Gasteiger partial charge in [0.2, 0.25) is 5.95 Å². The van der Waals surface area contributed by atoms with E-state index in [9.17, 15) is 4.79 Å². The summed E-state index contributed by atoms with van der Waals surface area (Å²) in [5.74, 6) is 0.513. The number of nitrogens with one attached hydrogen (secondary N) is 1. The maximum Gasteiger partial charge on any atom is 0.270 e. The molecule has 5 heteroatoms. The average Bonchev–Trinajstić information content (AvgIpc) is 2.60. The van der Waals surface area contributed by atoms with Crippen LogP contribution in [0.25, 0.3) is 10.9 Å². The van der Waals surface area contributed by atoms with Crippen LogP contribution in [0.1, 0.15) is 46.8 Å². The van der Waals surface area contributed by atoms with Gasteiger partial charge in [-0.15, -0.1) is 0 Å². The second kappa shape index (κ2) is 7.12. The molecule has 0 bridgehead atoms. The Morgan fingerprint density at radius 2 is 1.92 bits per heavy atom. The Morgan fingerprint density at radius 3 is 2.65 bits per heavy atom. The zero-order valence-electron chi connectivity index (χ0n) is 14.6. The van der Waals surface area contributed by atoms with Gasteiger partial charge in [-0.3, -0.25) is 4.79 Å². The van der Waals surface area contributed by atoms with Gasteiger partial charge in [0.1, 0.15) is 5.69 Å². The number of carbonyl (C=O) groups excluding carboxylic acids is 1. The quantitative estimate of drug-likeness (QED) is 0.741. The van der Waals surface area contributed by atoms with Crippen molar-refractivity contribution in [1.29, 1.82) is 0 Å². The minimum absolute atomic E-state index is 0.127. The lowest BCUT2D eigenvalue weighted by atomic mass is 9.80. The van der Waals surface area contributed by atoms with Crippen molar-refractivity contribution in [3.05, 3.63) is 65.4 Å². The molecule has 1 aromatic heterocycles. The topological polar surface area (TPSA) is 80.9 Å². The molecule has 0 saturated heterocycles. The number of hydrogen-bond acceptors (Lipinski definition) is 4. The summed E-state index contributed by atoms with van der Waals surface area (Å²) in [6, 6.07) is 16.2. The fraction of sp³-hybridized carbons (Fsp3) is 0.286. The second-order valence-electron chi connectivity index (χ2n) is 6.83. The van der Waals surface area contributed by atoms with Gasteiger partial charge in [0.25, 0.3) is 5.91 Å². The minimum atomic E-state index is -0.203. The Kier molecular flexibility index (Phi) is 4.52. The number of hydrogen-bond donors (Lipinski definition) is 2. The van der Waals surface area contributed by atoms with Crippen LogP contribution in [0.5, 0.6) is 0 Å². The first-order chi connectivity index (χ1) is 12.7. The van der Waals surface area contributed by atoms with E-state index in [1.807, 2.05) is 24.3 Å². The summed E-state index contributed by atoms with van der Waals surface area (Å²) >= 11 is 0. The van der Waals surface area contributed by atoms with Crippen LogP contribution in [0.4, 0.5) is 5.95 Å². The molecule has 0 radical (unpaired) electrons. The number of anilines is 1. The van der Waals surface area contributed by atoms with E-state index < -0.39 is 0 Å². The zero-order chi connectivity index (χ0) is 17.9. The van der Waals surface area contributed by atoms with E-state index in [0.717, 1.165) is 11.8 Å². The molecule has 1 heterocycles. The molecular weight excluding hydrogens is 324 g/mol. The van der Waals surface area contributed by atoms with Gasteiger partial charge >= 0.3 is 0 Å². The molecule has 132 valence electrons. The maximum absolute atomic E-state index is 12.7. The van der Waals surface area contributed by atoms with Crippen LogP contribution in [0, 0.1) is 0 Å². The molecule has 3 N–H and O–H groups in total. The Balaban J connectivity index is 1.56. The third-order valence-corrected chi connectivity index (χ3v) is 5.07. The molecular formula is C21H22N4O. The highest BCUT2D eigenvalue weighted by atomic mass is 16.1. The van der Waals surface area contributed by atoms with E-state index in [-0.39, 0.29) is 11.9 Å². The molecule has 1 aliphatic rings. The van der Waals surface area contributed by atoms with Crippen molar-refractivity contribution in [1.82, 2.24) is 15.3 Å². The molecule has 5 nitrogen and oxygen atoms in total. The maximum atomic E-state index is 12.7. The summed E-state index contributed by atoms with van der Waals surface area (Å²) in [5, 5.41) is 3.74. The lowest BCUT2D eigenvalue weighted by molar-refractivity contribution is 0.0951. The van der Waals surface area contributed by atoms with Crippen LogP contribution < -0.4 is 11.1 Å². The van der Waals surface area contributed by atoms with Crippen molar-refractivity contribution in [2.45, 2.75) is 31.6 Å². The van der Waals surface area contributed by atoms with Crippen LogP contribution in [0.3, 0.4) is 0 Å². The van der Waals surface area contributed by atoms with E-state index in [1.165, 1.54) is 30.4 Å². The molecule has 3 aromatic rings. The predicted octanol–water partition coefficient (Wildman–Crippen LogP) is 3.45. The number of carbonyl (C=O) groups is 1. The van der Waals surface area contributed by atoms with Gasteiger partial charge in [0, 0.05) is 11.9 Å². The summed E-state index contributed by atoms with van der Waals surface area (Å²) in [6.45, 7) is 0.552. The molecule has 1 amide bonds. The number of aromatic nitrogens is 2. The molecule has 0 atom stereocenters. The van der Waals surface area contributed by atoms with Crippen LogP contribution >= 0.6 is 0 Å². The summed E-state index contributed by atoms with van der Waals surface area (Å²) in [7, 11) is 0. The van der Waals surface area contributed by atoms with Crippen molar-refractivity contribution >= 4 is 22.8 Å². The predicted molar refractivity (Wildman–Crippen MR) is 103 cm³/mol. The van der Waals surface area contributed by atoms with Gasteiger partial charge in [-0.1, -0.05) is 42.8 Å². The first-order valence-corrected chi connectivity index (χ1v) is 9.10. The average molecular weight is 346 g/mol. The third kappa shape index (κ3) is 3.38. The van der Waals surface area contributed by atoms with Gasteiger partial charge in [-0.2, -0.15) is 0 Å². The van der Waals surface area contributed by atoms with E-state index in [4.69, 9.17) is 5.73 Å². The van der Waals surface area contributed by atoms with Crippen molar-refractivity contribution in [3.63, 3.8) is 0 Å². The SMILES string of the molecule is Nc1nc(C(=O)NCCc2ccccc2)c2cc(C3CCC3)ccc2n1. The van der Waals surface area contributed by atoms with Crippen molar-refractivity contribution in [2.24, 2.45) is 0 Å². The number of amides is 1. The Bertz CT molecular complexity index is 935. The van der Waals surface area contributed by atoms with E-state index >= 15 is 0 Å². The fourth-order valence-electron chi connectivity index (χ4n) is 3.38. The number of fused-ring (bicyclic) bond motifs is 1. The van der Waals surface area contributed by atoms with Gasteiger partial charge in [-0.25, -0.2) is 9.97 Å². The lowest BCUT2D eigenvalue weighted by Crippen LogP contribution is -2.27. The van der Waals surface area contributed by atoms with Gasteiger partial charge in [0.05, 0.1) is 5.52 Å². The van der Waals surface area contributed by atoms with Crippen molar-refractivity contribution in [3.8, 4) is 0 Å². The summed E-state index contributed by atoms with van der Waals surface area (Å²) in [5.41, 5.74) is 9.34. The first-order valence-electron chi connectivity index (χ1n) is 9.10. The van der Waals surface area contributed by atoms with Crippen LogP contribution in [0.15, 0.2) is 48.5 Å². The summed E-state index contributed by atoms with van der Waals surface area (Å²) in [6.07, 6.45) is 4.46. The van der Waals surface area contributed by atoms with E-state index in [2.05, 4.69) is 39.6 Å².